The van der Waals surface area contributed by atoms with Crippen LogP contribution >= 0.6 is 15.9 Å². The fourth-order valence-electron chi connectivity index (χ4n) is 2.28. The number of nitrogens with one attached hydrogen (secondary N) is 2. The Morgan fingerprint density at radius 1 is 1.11 bits per heavy atom. The van der Waals surface area contributed by atoms with Gasteiger partial charge in [-0.3, -0.25) is 14.4 Å². The highest BCUT2D eigenvalue weighted by Crippen LogP contribution is 2.18. The summed E-state index contributed by atoms with van der Waals surface area (Å²) < 4.78 is 6.05. The molecule has 0 radical (unpaired) electrons. The third-order valence-corrected chi connectivity index (χ3v) is 4.18. The molecule has 0 aliphatic carbocycles. The standard InChI is InChI=1S/C20H19BrN2O5/c1-28-17-5-3-2-4-15(17)19(26)23-16(20(27)22-11-10-18(24)25)12-13-6-8-14(21)9-7-13/h2-9,12H,10-11H2,1H3,(H,22,27)(H,23,26)(H,24,25). The number of para-hydroxylation sites is 1. The average Bonchev–Trinajstić information content (AvgIpc) is 2.68. The van der Waals surface area contributed by atoms with Crippen LogP contribution in [0.25, 0.3) is 6.08 Å². The second kappa shape index (κ2) is 10.3. The Labute approximate surface area is 170 Å². The van der Waals surface area contributed by atoms with Gasteiger partial charge >= 0.3 is 5.97 Å². The minimum atomic E-state index is -1.03. The zero-order chi connectivity index (χ0) is 20.5. The molecule has 0 aromatic heterocycles. The van der Waals surface area contributed by atoms with E-state index in [-0.39, 0.29) is 24.2 Å². The van der Waals surface area contributed by atoms with Crippen LogP contribution in [-0.2, 0) is 9.59 Å². The number of rotatable bonds is 8. The van der Waals surface area contributed by atoms with Crippen LogP contribution < -0.4 is 15.4 Å². The van der Waals surface area contributed by atoms with Crippen molar-refractivity contribution in [3.05, 3.63) is 69.8 Å². The molecule has 0 aliphatic heterocycles. The fraction of sp³-hybridized carbons (Fsp3) is 0.150. The van der Waals surface area contributed by atoms with Crippen molar-refractivity contribution in [1.82, 2.24) is 10.6 Å². The van der Waals surface area contributed by atoms with Crippen molar-refractivity contribution in [2.45, 2.75) is 6.42 Å². The third-order valence-electron chi connectivity index (χ3n) is 3.65. The zero-order valence-corrected chi connectivity index (χ0v) is 16.7. The summed E-state index contributed by atoms with van der Waals surface area (Å²) in [6.07, 6.45) is 1.29. The van der Waals surface area contributed by atoms with Gasteiger partial charge in [-0.2, -0.15) is 0 Å². The number of carbonyl (C=O) groups is 3. The molecule has 0 spiro atoms. The third kappa shape index (κ3) is 6.24. The lowest BCUT2D eigenvalue weighted by molar-refractivity contribution is -0.136. The molecule has 146 valence electrons. The summed E-state index contributed by atoms with van der Waals surface area (Å²) in [5.74, 6) is -1.77. The summed E-state index contributed by atoms with van der Waals surface area (Å²) in [6.45, 7) is -0.0592. The largest absolute Gasteiger partial charge is 0.496 e. The van der Waals surface area contributed by atoms with Gasteiger partial charge in [0.25, 0.3) is 11.8 Å². The topological polar surface area (TPSA) is 105 Å². The van der Waals surface area contributed by atoms with Gasteiger partial charge in [-0.1, -0.05) is 40.2 Å². The summed E-state index contributed by atoms with van der Waals surface area (Å²) in [5, 5.41) is 13.8. The van der Waals surface area contributed by atoms with Crippen molar-refractivity contribution in [1.29, 1.82) is 0 Å². The number of hydrogen-bond acceptors (Lipinski definition) is 4. The number of benzene rings is 2. The Kier molecular flexibility index (Phi) is 7.76. The molecule has 0 unspecified atom stereocenters. The number of carboxylic acid groups (broad SMARTS) is 1. The van der Waals surface area contributed by atoms with Crippen molar-refractivity contribution < 1.29 is 24.2 Å². The number of ether oxygens (including phenoxy) is 1. The lowest BCUT2D eigenvalue weighted by atomic mass is 10.1. The Bertz CT molecular complexity index is 894. The number of halogens is 1. The minimum Gasteiger partial charge on any atom is -0.496 e. The van der Waals surface area contributed by atoms with E-state index >= 15 is 0 Å². The van der Waals surface area contributed by atoms with Crippen molar-refractivity contribution in [3.63, 3.8) is 0 Å². The summed E-state index contributed by atoms with van der Waals surface area (Å²) in [7, 11) is 1.45. The Morgan fingerprint density at radius 2 is 1.79 bits per heavy atom. The van der Waals surface area contributed by atoms with E-state index in [9.17, 15) is 14.4 Å². The highest BCUT2D eigenvalue weighted by Gasteiger charge is 2.17. The van der Waals surface area contributed by atoms with E-state index in [1.54, 1.807) is 48.5 Å². The molecule has 0 saturated carbocycles. The second-order valence-electron chi connectivity index (χ2n) is 5.66. The van der Waals surface area contributed by atoms with E-state index in [0.29, 0.717) is 11.3 Å². The summed E-state index contributed by atoms with van der Waals surface area (Å²) in [5.41, 5.74) is 0.945. The van der Waals surface area contributed by atoms with Crippen LogP contribution in [0.15, 0.2) is 58.7 Å². The Morgan fingerprint density at radius 3 is 2.43 bits per heavy atom. The number of carboxylic acids is 1. The van der Waals surface area contributed by atoms with Crippen LogP contribution in [0, 0.1) is 0 Å². The first-order valence-corrected chi connectivity index (χ1v) is 9.11. The number of amides is 2. The van der Waals surface area contributed by atoms with Crippen LogP contribution in [0.4, 0.5) is 0 Å². The molecule has 0 atom stereocenters. The van der Waals surface area contributed by atoms with Gasteiger partial charge in [0.05, 0.1) is 19.1 Å². The van der Waals surface area contributed by atoms with Gasteiger partial charge in [-0.05, 0) is 35.9 Å². The van der Waals surface area contributed by atoms with Crippen molar-refractivity contribution in [3.8, 4) is 5.75 Å². The normalized spacial score (nSPS) is 10.9. The van der Waals surface area contributed by atoms with Gasteiger partial charge < -0.3 is 20.5 Å². The summed E-state index contributed by atoms with van der Waals surface area (Å²) >= 11 is 3.34. The monoisotopic (exact) mass is 446 g/mol. The maximum absolute atomic E-state index is 12.7. The van der Waals surface area contributed by atoms with Crippen molar-refractivity contribution in [2.24, 2.45) is 0 Å². The van der Waals surface area contributed by atoms with Crippen LogP contribution in [0.3, 0.4) is 0 Å². The predicted octanol–water partition coefficient (Wildman–Crippen LogP) is 2.82. The van der Waals surface area contributed by atoms with Crippen LogP contribution in [0.5, 0.6) is 5.75 Å². The van der Waals surface area contributed by atoms with E-state index in [2.05, 4.69) is 26.6 Å². The number of aliphatic carboxylic acids is 1. The van der Waals surface area contributed by atoms with Gasteiger partial charge in [0.2, 0.25) is 0 Å². The molecule has 2 rings (SSSR count). The fourth-order valence-corrected chi connectivity index (χ4v) is 2.55. The molecule has 28 heavy (non-hydrogen) atoms. The van der Waals surface area contributed by atoms with E-state index < -0.39 is 17.8 Å². The first-order chi connectivity index (χ1) is 13.4. The van der Waals surface area contributed by atoms with Gasteiger partial charge in [-0.15, -0.1) is 0 Å². The van der Waals surface area contributed by atoms with Gasteiger partial charge in [-0.25, -0.2) is 0 Å². The molecule has 0 saturated heterocycles. The smallest absolute Gasteiger partial charge is 0.305 e. The minimum absolute atomic E-state index is 0.0105. The van der Waals surface area contributed by atoms with E-state index in [1.165, 1.54) is 13.2 Å². The van der Waals surface area contributed by atoms with E-state index in [0.717, 1.165) is 4.47 Å². The molecule has 0 heterocycles. The molecular formula is C20H19BrN2O5. The molecule has 0 aliphatic rings. The molecule has 2 aromatic carbocycles. The van der Waals surface area contributed by atoms with Gasteiger partial charge in [0.1, 0.15) is 11.4 Å². The second-order valence-corrected chi connectivity index (χ2v) is 6.58. The highest BCUT2D eigenvalue weighted by molar-refractivity contribution is 9.10. The van der Waals surface area contributed by atoms with E-state index in [1.807, 2.05) is 0 Å². The maximum atomic E-state index is 12.7. The maximum Gasteiger partial charge on any atom is 0.305 e. The number of hydrogen-bond donors (Lipinski definition) is 3. The highest BCUT2D eigenvalue weighted by atomic mass is 79.9. The lowest BCUT2D eigenvalue weighted by Gasteiger charge is -2.12. The first kappa shape index (κ1) is 21.2. The average molecular weight is 447 g/mol. The van der Waals surface area contributed by atoms with Crippen molar-refractivity contribution >= 4 is 39.8 Å². The molecule has 0 bridgehead atoms. The van der Waals surface area contributed by atoms with Crippen LogP contribution in [0.2, 0.25) is 0 Å². The van der Waals surface area contributed by atoms with E-state index in [4.69, 9.17) is 9.84 Å². The van der Waals surface area contributed by atoms with Crippen LogP contribution in [0.1, 0.15) is 22.3 Å². The molecule has 2 aromatic rings. The van der Waals surface area contributed by atoms with Gasteiger partial charge in [0.15, 0.2) is 0 Å². The molecule has 7 nitrogen and oxygen atoms in total. The number of carbonyl (C=O) groups excluding carboxylic acids is 2. The summed E-state index contributed by atoms with van der Waals surface area (Å²) in [4.78, 5) is 35.8. The number of methoxy groups -OCH3 is 1. The molecule has 2 amide bonds. The molecule has 3 N–H and O–H groups in total. The van der Waals surface area contributed by atoms with Gasteiger partial charge in [0, 0.05) is 11.0 Å². The first-order valence-electron chi connectivity index (χ1n) is 8.32. The molecular weight excluding hydrogens is 428 g/mol. The zero-order valence-electron chi connectivity index (χ0n) is 15.1. The lowest BCUT2D eigenvalue weighted by Crippen LogP contribution is -2.35. The summed E-state index contributed by atoms with van der Waals surface area (Å²) in [6, 6.07) is 13.8. The molecule has 0 fully saturated rings. The quantitative estimate of drug-likeness (QED) is 0.540. The van der Waals surface area contributed by atoms with Crippen LogP contribution in [-0.4, -0.2) is 36.5 Å². The SMILES string of the molecule is COc1ccccc1C(=O)NC(=Cc1ccc(Br)cc1)C(=O)NCCC(=O)O. The Hall–Kier alpha value is -3.13. The molecule has 8 heteroatoms. The Balaban J connectivity index is 2.26. The van der Waals surface area contributed by atoms with Crippen molar-refractivity contribution in [2.75, 3.05) is 13.7 Å². The predicted molar refractivity (Wildman–Crippen MR) is 108 cm³/mol.